The average Bonchev–Trinajstić information content (AvgIpc) is 3.74. The van der Waals surface area contributed by atoms with Gasteiger partial charge in [0.1, 0.15) is 0 Å². The quantitative estimate of drug-likeness (QED) is 0.132. The number of pyridine rings is 1. The van der Waals surface area contributed by atoms with Gasteiger partial charge in [-0.1, -0.05) is 29.6 Å². The van der Waals surface area contributed by atoms with Crippen molar-refractivity contribution in [2.75, 3.05) is 11.9 Å². The summed E-state index contributed by atoms with van der Waals surface area (Å²) in [5.41, 5.74) is 4.12. The second kappa shape index (κ2) is 15.4. The Kier molecular flexibility index (Phi) is 11.4. The Hall–Kier alpha value is -4.35. The summed E-state index contributed by atoms with van der Waals surface area (Å²) in [6.45, 7) is 2.00. The van der Waals surface area contributed by atoms with Crippen molar-refractivity contribution in [3.8, 4) is 39.9 Å². The molecule has 220 valence electrons. The molecule has 2 aromatic heterocycles. The second-order valence-corrected chi connectivity index (χ2v) is 9.31. The Bertz CT molecular complexity index is 1880. The number of benzene rings is 4. The van der Waals surface area contributed by atoms with Crippen LogP contribution in [0.15, 0.2) is 116 Å². The van der Waals surface area contributed by atoms with Crippen molar-refractivity contribution in [2.24, 2.45) is 0 Å². The number of rotatable bonds is 5. The molecule has 7 rings (SSSR count). The molecule has 1 aliphatic heterocycles. The molecule has 0 fully saturated rings. The fraction of sp³-hybridized carbons (Fsp3) is 0.0270. The van der Waals surface area contributed by atoms with Gasteiger partial charge in [-0.05, 0) is 37.8 Å². The van der Waals surface area contributed by atoms with Crippen molar-refractivity contribution >= 4 is 16.5 Å². The van der Waals surface area contributed by atoms with Gasteiger partial charge in [-0.25, -0.2) is 23.2 Å². The fourth-order valence-corrected chi connectivity index (χ4v) is 4.39. The van der Waals surface area contributed by atoms with Gasteiger partial charge < -0.3 is 42.1 Å². The maximum Gasteiger partial charge on any atom is 4.00 e. The topological polar surface area (TPSA) is 33.5 Å². The molecule has 0 spiro atoms. The average molecular weight is 930 g/mol. The van der Waals surface area contributed by atoms with Crippen molar-refractivity contribution < 1.29 is 46.9 Å². The van der Waals surface area contributed by atoms with E-state index in [1.807, 2.05) is 109 Å². The van der Waals surface area contributed by atoms with Crippen LogP contribution >= 0.6 is 0 Å². The summed E-state index contributed by atoms with van der Waals surface area (Å²) < 4.78 is 7.78. The minimum Gasteiger partial charge on any atom is -0.669 e. The molecule has 0 saturated heterocycles. The Balaban J connectivity index is 0.000000436. The van der Waals surface area contributed by atoms with Crippen LogP contribution in [0.2, 0.25) is 0 Å². The molecule has 0 atom stereocenters. The maximum atomic E-state index is 6.57. The van der Waals surface area contributed by atoms with Crippen molar-refractivity contribution in [1.82, 2.24) is 14.5 Å². The molecule has 0 unspecified atom stereocenters. The first-order chi connectivity index (χ1) is 20.7. The number of aromatic nitrogens is 2. The van der Waals surface area contributed by atoms with E-state index in [2.05, 4.69) is 53.5 Å². The number of hydrogen-bond acceptors (Lipinski definition) is 4. The fourth-order valence-electron chi connectivity index (χ4n) is 4.39. The maximum absolute atomic E-state index is 6.57. The monoisotopic (exact) mass is 929 g/mol. The molecule has 6 aromatic rings. The van der Waals surface area contributed by atoms with Gasteiger partial charge in [0.25, 0.3) is 0 Å². The van der Waals surface area contributed by atoms with Crippen LogP contribution in [-0.4, -0.2) is 21.5 Å². The molecule has 0 aliphatic carbocycles. The zero-order valence-corrected chi connectivity index (χ0v) is 27.9. The van der Waals surface area contributed by atoms with E-state index in [1.54, 1.807) is 23.2 Å². The predicted molar refractivity (Wildman–Crippen MR) is 164 cm³/mol. The molecule has 0 saturated carbocycles. The van der Waals surface area contributed by atoms with Crippen molar-refractivity contribution in [1.29, 1.82) is 0 Å². The number of anilines is 1. The summed E-state index contributed by atoms with van der Waals surface area (Å²) in [4.78, 5) is 8.51. The van der Waals surface area contributed by atoms with E-state index < -0.39 is 0 Å². The second-order valence-electron chi connectivity index (χ2n) is 9.31. The summed E-state index contributed by atoms with van der Waals surface area (Å²) in [6.07, 6.45) is 15.8. The zero-order valence-electron chi connectivity index (χ0n) is 23.4. The zero-order chi connectivity index (χ0) is 28.7. The Morgan fingerprint density at radius 1 is 0.841 bits per heavy atom. The summed E-state index contributed by atoms with van der Waals surface area (Å²) in [6, 6.07) is 45.9. The molecular weight excluding hydrogens is 907 g/mol. The SMILES string of the molecule is CN1C=CN(c2[c-]c(Oc3[c-]c(-c4[c-]c(-c5[c-]cccc5)ccn4)[c-]cc3)cc3ccccc23)[CH-]1.[C-]#Cn1cccc1.[Pt+4].[Pt]. The van der Waals surface area contributed by atoms with Gasteiger partial charge in [0.2, 0.25) is 0 Å². The van der Waals surface area contributed by atoms with E-state index in [-0.39, 0.29) is 42.1 Å². The number of ether oxygens (including phenoxy) is 1. The standard InChI is InChI=1S/C31H19N3O.C6H4N.2Pt/c1-33-16-17-34(22-33)31-21-28(18-25-10-5-6-13-29(25)31)35-27-12-7-11-26(19-27)30-20-24(14-15-32-30)23-8-3-2-4-9-23;1-2-7-5-3-4-6-7;;/h2-8,10,12-18,22H,1H3;3-6H;;/q-6;-1;;+4. The van der Waals surface area contributed by atoms with Crippen LogP contribution in [0.3, 0.4) is 0 Å². The van der Waals surface area contributed by atoms with Gasteiger partial charge in [-0.2, -0.15) is 48.8 Å². The van der Waals surface area contributed by atoms with Crippen LogP contribution in [0, 0.1) is 49.5 Å². The molecular formula is C37H23N4OPt2-3. The van der Waals surface area contributed by atoms with E-state index in [1.165, 1.54) is 0 Å². The first kappa shape index (κ1) is 32.6. The van der Waals surface area contributed by atoms with Gasteiger partial charge in [-0.15, -0.1) is 35.0 Å². The normalized spacial score (nSPS) is 11.5. The van der Waals surface area contributed by atoms with E-state index in [0.29, 0.717) is 22.8 Å². The minimum absolute atomic E-state index is 0. The number of nitrogens with zero attached hydrogens (tertiary/aromatic N) is 4. The molecule has 0 amide bonds. The largest absolute Gasteiger partial charge is 4.00 e. The van der Waals surface area contributed by atoms with Crippen LogP contribution in [0.4, 0.5) is 5.69 Å². The summed E-state index contributed by atoms with van der Waals surface area (Å²) in [5.74, 6) is 1.16. The third kappa shape index (κ3) is 7.77. The van der Waals surface area contributed by atoms with Crippen LogP contribution in [-0.2, 0) is 42.1 Å². The molecule has 0 radical (unpaired) electrons. The third-order valence-corrected chi connectivity index (χ3v) is 6.37. The van der Waals surface area contributed by atoms with Crippen molar-refractivity contribution in [3.05, 3.63) is 159 Å². The third-order valence-electron chi connectivity index (χ3n) is 6.37. The molecule has 7 heteroatoms. The molecule has 1 aliphatic rings. The molecule has 4 aromatic carbocycles. The van der Waals surface area contributed by atoms with Crippen LogP contribution in [0.1, 0.15) is 0 Å². The first-order valence-electron chi connectivity index (χ1n) is 13.2. The number of hydrogen-bond donors (Lipinski definition) is 0. The Morgan fingerprint density at radius 2 is 1.66 bits per heavy atom. The van der Waals surface area contributed by atoms with Gasteiger partial charge in [0.15, 0.2) is 0 Å². The summed E-state index contributed by atoms with van der Waals surface area (Å²) in [5, 5.41) is 2.16. The van der Waals surface area contributed by atoms with Crippen LogP contribution in [0.25, 0.3) is 33.2 Å². The Labute approximate surface area is 287 Å². The van der Waals surface area contributed by atoms with Crippen molar-refractivity contribution in [2.45, 2.75) is 0 Å². The summed E-state index contributed by atoms with van der Waals surface area (Å²) >= 11 is 0. The van der Waals surface area contributed by atoms with Crippen LogP contribution in [0.5, 0.6) is 11.5 Å². The van der Waals surface area contributed by atoms with E-state index in [9.17, 15) is 0 Å². The molecule has 44 heavy (non-hydrogen) atoms. The molecule has 5 nitrogen and oxygen atoms in total. The van der Waals surface area contributed by atoms with Gasteiger partial charge in [0.05, 0.1) is 0 Å². The first-order valence-corrected chi connectivity index (χ1v) is 13.2. The van der Waals surface area contributed by atoms with Crippen molar-refractivity contribution in [3.63, 3.8) is 0 Å². The van der Waals surface area contributed by atoms with Gasteiger partial charge >= 0.3 is 21.1 Å². The van der Waals surface area contributed by atoms with Crippen LogP contribution < -0.4 is 9.64 Å². The smallest absolute Gasteiger partial charge is 0.669 e. The predicted octanol–water partition coefficient (Wildman–Crippen LogP) is 7.58. The van der Waals surface area contributed by atoms with Gasteiger partial charge in [0, 0.05) is 39.2 Å². The van der Waals surface area contributed by atoms with E-state index in [4.69, 9.17) is 11.2 Å². The molecule has 0 bridgehead atoms. The minimum atomic E-state index is 0. The van der Waals surface area contributed by atoms with Gasteiger partial charge in [-0.3, -0.25) is 12.1 Å². The molecule has 0 N–H and O–H groups in total. The molecule has 3 heterocycles. The summed E-state index contributed by atoms with van der Waals surface area (Å²) in [7, 11) is 1.99. The number of fused-ring (bicyclic) bond motifs is 1. The Morgan fingerprint density at radius 3 is 2.39 bits per heavy atom. The van der Waals surface area contributed by atoms with E-state index >= 15 is 0 Å². The van der Waals surface area contributed by atoms with E-state index in [0.717, 1.165) is 27.6 Å².